The molecule has 0 atom stereocenters. The highest BCUT2D eigenvalue weighted by molar-refractivity contribution is 5.45. The summed E-state index contributed by atoms with van der Waals surface area (Å²) in [5.74, 6) is 0.216. The zero-order valence-electron chi connectivity index (χ0n) is 8.52. The number of halogens is 1. The highest BCUT2D eigenvalue weighted by atomic mass is 19.1. The fourth-order valence-corrected chi connectivity index (χ4v) is 1.48. The molecule has 0 unspecified atom stereocenters. The van der Waals surface area contributed by atoms with Gasteiger partial charge in [0.1, 0.15) is 11.6 Å². The number of methoxy groups -OCH3 is 1. The number of rotatable bonds is 3. The third kappa shape index (κ3) is 1.86. The Bertz CT molecular complexity index is 339. The second-order valence-corrected chi connectivity index (χ2v) is 3.14. The van der Waals surface area contributed by atoms with Crippen LogP contribution in [0.25, 0.3) is 0 Å². The van der Waals surface area contributed by atoms with Gasteiger partial charge in [0.25, 0.3) is 0 Å². The van der Waals surface area contributed by atoms with Gasteiger partial charge >= 0.3 is 0 Å². The van der Waals surface area contributed by atoms with E-state index in [4.69, 9.17) is 9.94 Å². The summed E-state index contributed by atoms with van der Waals surface area (Å²) < 4.78 is 18.4. The summed E-state index contributed by atoms with van der Waals surface area (Å²) in [5.41, 5.74) is 4.02. The van der Waals surface area contributed by atoms with Crippen molar-refractivity contribution in [2.24, 2.45) is 0 Å². The first-order valence-corrected chi connectivity index (χ1v) is 4.31. The summed E-state index contributed by atoms with van der Waals surface area (Å²) in [7, 11) is 1.50. The Labute approximate surface area is 82.5 Å². The molecule has 0 heterocycles. The second-order valence-electron chi connectivity index (χ2n) is 3.14. The van der Waals surface area contributed by atoms with E-state index in [0.717, 1.165) is 5.56 Å². The predicted molar refractivity (Wildman–Crippen MR) is 51.1 cm³/mol. The molecule has 0 aliphatic heterocycles. The average Bonchev–Trinajstić information content (AvgIpc) is 2.16. The molecule has 0 aromatic heterocycles. The zero-order chi connectivity index (χ0) is 10.7. The predicted octanol–water partition coefficient (Wildman–Crippen LogP) is 1.93. The molecule has 2 N–H and O–H groups in total. The van der Waals surface area contributed by atoms with Crippen molar-refractivity contribution in [1.29, 1.82) is 0 Å². The SMILES string of the molecule is COc1c(C)c(F)cc(CNO)c1C. The van der Waals surface area contributed by atoms with Gasteiger partial charge in [-0.2, -0.15) is 0 Å². The lowest BCUT2D eigenvalue weighted by Crippen LogP contribution is -2.09. The maximum atomic E-state index is 13.3. The van der Waals surface area contributed by atoms with Crippen LogP contribution in [-0.2, 0) is 6.54 Å². The monoisotopic (exact) mass is 199 g/mol. The van der Waals surface area contributed by atoms with Gasteiger partial charge in [0.2, 0.25) is 0 Å². The summed E-state index contributed by atoms with van der Waals surface area (Å²) >= 11 is 0. The lowest BCUT2D eigenvalue weighted by molar-refractivity contribution is 0.161. The summed E-state index contributed by atoms with van der Waals surface area (Å²) in [6, 6.07) is 1.40. The molecular weight excluding hydrogens is 185 g/mol. The van der Waals surface area contributed by atoms with Crippen LogP contribution in [0.3, 0.4) is 0 Å². The van der Waals surface area contributed by atoms with E-state index in [1.807, 2.05) is 12.4 Å². The van der Waals surface area contributed by atoms with Crippen molar-refractivity contribution in [2.75, 3.05) is 7.11 Å². The summed E-state index contributed by atoms with van der Waals surface area (Å²) in [5, 5.41) is 8.55. The molecule has 14 heavy (non-hydrogen) atoms. The van der Waals surface area contributed by atoms with Gasteiger partial charge in [-0.25, -0.2) is 9.87 Å². The van der Waals surface area contributed by atoms with Gasteiger partial charge in [0.15, 0.2) is 0 Å². The third-order valence-corrected chi connectivity index (χ3v) is 2.30. The molecule has 0 saturated heterocycles. The molecule has 0 aliphatic carbocycles. The van der Waals surface area contributed by atoms with Crippen LogP contribution in [-0.4, -0.2) is 12.3 Å². The van der Waals surface area contributed by atoms with E-state index < -0.39 is 0 Å². The van der Waals surface area contributed by atoms with E-state index in [9.17, 15) is 4.39 Å². The Morgan fingerprint density at radius 2 is 2.07 bits per heavy atom. The fourth-order valence-electron chi connectivity index (χ4n) is 1.48. The Balaban J connectivity index is 3.27. The van der Waals surface area contributed by atoms with Crippen molar-refractivity contribution < 1.29 is 14.3 Å². The zero-order valence-corrected chi connectivity index (χ0v) is 8.52. The average molecular weight is 199 g/mol. The van der Waals surface area contributed by atoms with E-state index >= 15 is 0 Å². The Morgan fingerprint density at radius 1 is 1.43 bits per heavy atom. The van der Waals surface area contributed by atoms with Crippen LogP contribution in [0, 0.1) is 19.7 Å². The van der Waals surface area contributed by atoms with Crippen LogP contribution in [0.1, 0.15) is 16.7 Å². The first kappa shape index (κ1) is 10.9. The number of ether oxygens (including phenoxy) is 1. The van der Waals surface area contributed by atoms with Crippen LogP contribution in [0.15, 0.2) is 6.07 Å². The van der Waals surface area contributed by atoms with Crippen LogP contribution in [0.5, 0.6) is 5.75 Å². The molecule has 0 fully saturated rings. The maximum Gasteiger partial charge on any atom is 0.130 e. The van der Waals surface area contributed by atoms with Crippen molar-refractivity contribution in [3.8, 4) is 5.75 Å². The number of hydrogen-bond acceptors (Lipinski definition) is 3. The highest BCUT2D eigenvalue weighted by Crippen LogP contribution is 2.28. The van der Waals surface area contributed by atoms with Gasteiger partial charge in [-0.05, 0) is 31.0 Å². The quantitative estimate of drug-likeness (QED) is 0.731. The van der Waals surface area contributed by atoms with Crippen LogP contribution in [0.2, 0.25) is 0 Å². The summed E-state index contributed by atoms with van der Waals surface area (Å²) in [4.78, 5) is 0. The second kappa shape index (κ2) is 4.39. The highest BCUT2D eigenvalue weighted by Gasteiger charge is 2.12. The summed E-state index contributed by atoms with van der Waals surface area (Å²) in [6.45, 7) is 3.70. The Kier molecular flexibility index (Phi) is 3.43. The number of benzene rings is 1. The molecule has 1 aromatic carbocycles. The van der Waals surface area contributed by atoms with Gasteiger partial charge < -0.3 is 9.94 Å². The van der Waals surface area contributed by atoms with Gasteiger partial charge in [0, 0.05) is 12.1 Å². The van der Waals surface area contributed by atoms with Gasteiger partial charge in [-0.3, -0.25) is 0 Å². The van der Waals surface area contributed by atoms with Crippen molar-refractivity contribution in [2.45, 2.75) is 20.4 Å². The molecule has 4 heteroatoms. The molecule has 0 spiro atoms. The number of nitrogens with one attached hydrogen (secondary N) is 1. The van der Waals surface area contributed by atoms with Gasteiger partial charge in [-0.1, -0.05) is 0 Å². The molecular formula is C10H14FNO2. The van der Waals surface area contributed by atoms with Crippen LogP contribution in [0.4, 0.5) is 4.39 Å². The normalized spacial score (nSPS) is 10.4. The fraction of sp³-hybridized carbons (Fsp3) is 0.400. The third-order valence-electron chi connectivity index (χ3n) is 2.30. The molecule has 0 bridgehead atoms. The van der Waals surface area contributed by atoms with Crippen molar-refractivity contribution in [1.82, 2.24) is 5.48 Å². The molecule has 78 valence electrons. The molecule has 0 amide bonds. The molecule has 0 radical (unpaired) electrons. The van der Waals surface area contributed by atoms with E-state index in [1.165, 1.54) is 13.2 Å². The maximum absolute atomic E-state index is 13.3. The van der Waals surface area contributed by atoms with Crippen LogP contribution < -0.4 is 10.2 Å². The first-order chi connectivity index (χ1) is 6.61. The number of hydroxylamine groups is 1. The molecule has 3 nitrogen and oxygen atoms in total. The minimum absolute atomic E-state index is 0.208. The van der Waals surface area contributed by atoms with Crippen molar-refractivity contribution in [3.63, 3.8) is 0 Å². The molecule has 1 aromatic rings. The van der Waals surface area contributed by atoms with Crippen molar-refractivity contribution >= 4 is 0 Å². The van der Waals surface area contributed by atoms with E-state index in [2.05, 4.69) is 0 Å². The lowest BCUT2D eigenvalue weighted by Gasteiger charge is -2.13. The molecule has 0 saturated carbocycles. The minimum Gasteiger partial charge on any atom is -0.496 e. The number of hydrogen-bond donors (Lipinski definition) is 2. The first-order valence-electron chi connectivity index (χ1n) is 4.31. The van der Waals surface area contributed by atoms with E-state index in [0.29, 0.717) is 16.9 Å². The lowest BCUT2D eigenvalue weighted by atomic mass is 10.0. The van der Waals surface area contributed by atoms with Crippen molar-refractivity contribution in [3.05, 3.63) is 28.6 Å². The Hall–Kier alpha value is -1.13. The minimum atomic E-state index is -0.322. The largest absolute Gasteiger partial charge is 0.496 e. The standard InChI is InChI=1S/C10H14FNO2/c1-6-8(5-12-13)4-9(11)7(2)10(6)14-3/h4,12-13H,5H2,1-3H3. The Morgan fingerprint density at radius 3 is 2.57 bits per heavy atom. The van der Waals surface area contributed by atoms with Gasteiger partial charge in [-0.15, -0.1) is 0 Å². The molecule has 0 aliphatic rings. The van der Waals surface area contributed by atoms with E-state index in [-0.39, 0.29) is 12.4 Å². The van der Waals surface area contributed by atoms with Crippen LogP contribution >= 0.6 is 0 Å². The molecule has 1 rings (SSSR count). The summed E-state index contributed by atoms with van der Waals surface area (Å²) in [6.07, 6.45) is 0. The topological polar surface area (TPSA) is 41.5 Å². The van der Waals surface area contributed by atoms with Gasteiger partial charge in [0.05, 0.1) is 7.11 Å². The smallest absolute Gasteiger partial charge is 0.130 e. The van der Waals surface area contributed by atoms with E-state index in [1.54, 1.807) is 6.92 Å².